The molecule has 2 heterocycles. The lowest BCUT2D eigenvalue weighted by Crippen LogP contribution is -2.47. The first kappa shape index (κ1) is 19.4. The van der Waals surface area contributed by atoms with Crippen molar-refractivity contribution in [3.05, 3.63) is 35.9 Å². The van der Waals surface area contributed by atoms with Crippen LogP contribution in [0.2, 0.25) is 0 Å². The summed E-state index contributed by atoms with van der Waals surface area (Å²) >= 11 is 0. The molecule has 1 amide bonds. The van der Waals surface area contributed by atoms with Gasteiger partial charge in [-0.15, -0.1) is 0 Å². The van der Waals surface area contributed by atoms with Crippen LogP contribution in [0, 0.1) is 0 Å². The molecule has 2 saturated heterocycles. The minimum atomic E-state index is -0.545. The molecular weight excluding hydrogens is 322 g/mol. The Hall–Kier alpha value is -1.39. The average molecular weight is 358 g/mol. The van der Waals surface area contributed by atoms with E-state index in [-0.39, 0.29) is 5.91 Å². The highest BCUT2D eigenvalue weighted by atomic mass is 16.1. The third kappa shape index (κ3) is 4.86. The SMILES string of the molecule is NC(=O)C(CCN1CCCCC1)(CCN1CCCCC1)c1ccccc1. The van der Waals surface area contributed by atoms with Crippen LogP contribution in [0.15, 0.2) is 30.3 Å². The third-order valence-electron chi connectivity index (χ3n) is 6.41. The molecule has 1 aromatic carbocycles. The van der Waals surface area contributed by atoms with E-state index in [2.05, 4.69) is 21.9 Å². The molecule has 0 atom stereocenters. The van der Waals surface area contributed by atoms with Crippen molar-refractivity contribution in [2.24, 2.45) is 5.73 Å². The molecule has 3 rings (SSSR count). The number of amides is 1. The first-order chi connectivity index (χ1) is 12.7. The van der Waals surface area contributed by atoms with Crippen LogP contribution in [0.1, 0.15) is 56.9 Å². The molecule has 144 valence electrons. The molecule has 2 N–H and O–H groups in total. The molecule has 4 nitrogen and oxygen atoms in total. The van der Waals surface area contributed by atoms with Gasteiger partial charge in [0.15, 0.2) is 0 Å². The topological polar surface area (TPSA) is 49.6 Å². The van der Waals surface area contributed by atoms with Gasteiger partial charge < -0.3 is 15.5 Å². The number of likely N-dealkylation sites (tertiary alicyclic amines) is 2. The first-order valence-corrected chi connectivity index (χ1v) is 10.5. The van der Waals surface area contributed by atoms with Crippen molar-refractivity contribution in [2.45, 2.75) is 56.8 Å². The summed E-state index contributed by atoms with van der Waals surface area (Å²) in [7, 11) is 0. The molecule has 2 aliphatic heterocycles. The molecule has 1 aromatic rings. The van der Waals surface area contributed by atoms with Gasteiger partial charge in [-0.3, -0.25) is 4.79 Å². The molecule has 0 aliphatic carbocycles. The maximum atomic E-state index is 12.8. The fourth-order valence-electron chi connectivity index (χ4n) is 4.62. The van der Waals surface area contributed by atoms with Gasteiger partial charge in [0.25, 0.3) is 0 Å². The second-order valence-corrected chi connectivity index (χ2v) is 8.12. The van der Waals surface area contributed by atoms with Crippen molar-refractivity contribution in [2.75, 3.05) is 39.3 Å². The molecule has 0 bridgehead atoms. The van der Waals surface area contributed by atoms with Crippen molar-refractivity contribution < 1.29 is 4.79 Å². The van der Waals surface area contributed by atoms with Crippen LogP contribution in [-0.4, -0.2) is 55.0 Å². The summed E-state index contributed by atoms with van der Waals surface area (Å²) in [5.41, 5.74) is 6.61. The minimum absolute atomic E-state index is 0.155. The van der Waals surface area contributed by atoms with E-state index >= 15 is 0 Å². The lowest BCUT2D eigenvalue weighted by Gasteiger charge is -2.37. The maximum absolute atomic E-state index is 12.8. The molecule has 0 aromatic heterocycles. The van der Waals surface area contributed by atoms with E-state index in [0.717, 1.165) is 57.7 Å². The van der Waals surface area contributed by atoms with Gasteiger partial charge in [0.05, 0.1) is 5.41 Å². The summed E-state index contributed by atoms with van der Waals surface area (Å²) in [5, 5.41) is 0. The van der Waals surface area contributed by atoms with Crippen LogP contribution < -0.4 is 5.73 Å². The molecule has 0 spiro atoms. The number of primary amides is 1. The van der Waals surface area contributed by atoms with Crippen LogP contribution in [0.25, 0.3) is 0 Å². The monoisotopic (exact) mass is 357 g/mol. The van der Waals surface area contributed by atoms with Crippen LogP contribution in [0.5, 0.6) is 0 Å². The Morgan fingerprint density at radius 1 is 0.808 bits per heavy atom. The second kappa shape index (κ2) is 9.52. The number of nitrogens with zero attached hydrogens (tertiary/aromatic N) is 2. The Kier molecular flexibility index (Phi) is 7.09. The summed E-state index contributed by atoms with van der Waals surface area (Å²) < 4.78 is 0. The van der Waals surface area contributed by atoms with E-state index in [1.807, 2.05) is 18.2 Å². The zero-order valence-electron chi connectivity index (χ0n) is 16.2. The lowest BCUT2D eigenvalue weighted by molar-refractivity contribution is -0.124. The maximum Gasteiger partial charge on any atom is 0.228 e. The lowest BCUT2D eigenvalue weighted by atomic mass is 9.73. The van der Waals surface area contributed by atoms with Crippen molar-refractivity contribution in [1.29, 1.82) is 0 Å². The average Bonchev–Trinajstić information content (AvgIpc) is 2.70. The van der Waals surface area contributed by atoms with Crippen LogP contribution in [-0.2, 0) is 10.2 Å². The molecule has 4 heteroatoms. The van der Waals surface area contributed by atoms with Gasteiger partial charge in [-0.2, -0.15) is 0 Å². The normalized spacial score (nSPS) is 20.2. The fraction of sp³-hybridized carbons (Fsp3) is 0.682. The van der Waals surface area contributed by atoms with Gasteiger partial charge in [0.1, 0.15) is 0 Å². The largest absolute Gasteiger partial charge is 0.369 e. The van der Waals surface area contributed by atoms with Gasteiger partial charge in [-0.05, 0) is 83.4 Å². The van der Waals surface area contributed by atoms with Crippen molar-refractivity contribution >= 4 is 5.91 Å². The summed E-state index contributed by atoms with van der Waals surface area (Å²) in [4.78, 5) is 17.8. The number of carbonyl (C=O) groups excluding carboxylic acids is 1. The third-order valence-corrected chi connectivity index (χ3v) is 6.41. The molecule has 26 heavy (non-hydrogen) atoms. The van der Waals surface area contributed by atoms with E-state index in [1.165, 1.54) is 38.5 Å². The smallest absolute Gasteiger partial charge is 0.228 e. The Balaban J connectivity index is 1.74. The van der Waals surface area contributed by atoms with E-state index in [4.69, 9.17) is 5.73 Å². The number of hydrogen-bond donors (Lipinski definition) is 1. The summed E-state index contributed by atoms with van der Waals surface area (Å²) in [6.07, 6.45) is 9.47. The van der Waals surface area contributed by atoms with E-state index in [0.29, 0.717) is 0 Å². The number of nitrogens with two attached hydrogens (primary N) is 1. The standard InChI is InChI=1S/C22H35N3O/c23-21(26)22(20-10-4-1-5-11-20,12-18-24-14-6-2-7-15-24)13-19-25-16-8-3-9-17-25/h1,4-5,10-11H,2-3,6-9,12-19H2,(H2,23,26). The van der Waals surface area contributed by atoms with Crippen LogP contribution >= 0.6 is 0 Å². The summed E-state index contributed by atoms with van der Waals surface area (Å²) in [6.45, 7) is 6.59. The Labute approximate surface area is 158 Å². The quantitative estimate of drug-likeness (QED) is 0.777. The molecule has 0 radical (unpaired) electrons. The van der Waals surface area contributed by atoms with Gasteiger partial charge >= 0.3 is 0 Å². The highest BCUT2D eigenvalue weighted by Gasteiger charge is 2.38. The van der Waals surface area contributed by atoms with Gasteiger partial charge in [0.2, 0.25) is 5.91 Å². The zero-order valence-corrected chi connectivity index (χ0v) is 16.2. The van der Waals surface area contributed by atoms with Gasteiger partial charge in [-0.25, -0.2) is 0 Å². The highest BCUT2D eigenvalue weighted by Crippen LogP contribution is 2.33. The van der Waals surface area contributed by atoms with E-state index in [9.17, 15) is 4.79 Å². The second-order valence-electron chi connectivity index (χ2n) is 8.12. The predicted octanol–water partition coefficient (Wildman–Crippen LogP) is 3.16. The zero-order chi connectivity index (χ0) is 18.2. The Morgan fingerprint density at radius 3 is 1.69 bits per heavy atom. The van der Waals surface area contributed by atoms with Crippen LogP contribution in [0.3, 0.4) is 0 Å². The molecule has 2 aliphatic rings. The summed E-state index contributed by atoms with van der Waals surface area (Å²) in [6, 6.07) is 10.3. The fourth-order valence-corrected chi connectivity index (χ4v) is 4.62. The van der Waals surface area contributed by atoms with Gasteiger partial charge in [0, 0.05) is 0 Å². The first-order valence-electron chi connectivity index (χ1n) is 10.5. The Bertz CT molecular complexity index is 526. The predicted molar refractivity (Wildman–Crippen MR) is 107 cm³/mol. The number of benzene rings is 1. The summed E-state index contributed by atoms with van der Waals surface area (Å²) in [5.74, 6) is -0.155. The number of carbonyl (C=O) groups is 1. The number of rotatable bonds is 8. The van der Waals surface area contributed by atoms with Crippen molar-refractivity contribution in [1.82, 2.24) is 9.80 Å². The minimum Gasteiger partial charge on any atom is -0.369 e. The highest BCUT2D eigenvalue weighted by molar-refractivity contribution is 5.86. The van der Waals surface area contributed by atoms with Gasteiger partial charge in [-0.1, -0.05) is 43.2 Å². The molecule has 2 fully saturated rings. The van der Waals surface area contributed by atoms with Crippen molar-refractivity contribution in [3.63, 3.8) is 0 Å². The number of piperidine rings is 2. The molecule has 0 unspecified atom stereocenters. The van der Waals surface area contributed by atoms with E-state index < -0.39 is 5.41 Å². The molecular formula is C22H35N3O. The van der Waals surface area contributed by atoms with Crippen molar-refractivity contribution in [3.8, 4) is 0 Å². The number of hydrogen-bond acceptors (Lipinski definition) is 3. The van der Waals surface area contributed by atoms with E-state index in [1.54, 1.807) is 0 Å². The Morgan fingerprint density at radius 2 is 1.27 bits per heavy atom. The molecule has 0 saturated carbocycles. The van der Waals surface area contributed by atoms with Crippen LogP contribution in [0.4, 0.5) is 0 Å².